The van der Waals surface area contributed by atoms with Crippen molar-refractivity contribution >= 4 is 17.5 Å². The lowest BCUT2D eigenvalue weighted by molar-refractivity contribution is -0.125. The Bertz CT molecular complexity index is 674. The average molecular weight is 329 g/mol. The largest absolute Gasteiger partial charge is 0.345 e. The Hall–Kier alpha value is -1.84. The van der Waals surface area contributed by atoms with Gasteiger partial charge in [-0.3, -0.25) is 4.79 Å². The van der Waals surface area contributed by atoms with Gasteiger partial charge in [0.1, 0.15) is 0 Å². The summed E-state index contributed by atoms with van der Waals surface area (Å²) in [7, 11) is 0. The summed E-state index contributed by atoms with van der Waals surface area (Å²) in [4.78, 5) is 12.6. The van der Waals surface area contributed by atoms with Crippen LogP contribution in [0.5, 0.6) is 0 Å². The number of nitrogens with two attached hydrogens (primary N) is 1. The molecule has 1 aliphatic carbocycles. The Kier molecular flexibility index (Phi) is 4.99. The predicted octanol–water partition coefficient (Wildman–Crippen LogP) is 3.67. The van der Waals surface area contributed by atoms with Crippen molar-refractivity contribution in [3.63, 3.8) is 0 Å². The lowest BCUT2D eigenvalue weighted by Gasteiger charge is -2.22. The van der Waals surface area contributed by atoms with Gasteiger partial charge in [0.25, 0.3) is 0 Å². The van der Waals surface area contributed by atoms with Crippen molar-refractivity contribution in [2.24, 2.45) is 11.7 Å². The quantitative estimate of drug-likeness (QED) is 0.899. The summed E-state index contributed by atoms with van der Waals surface area (Å²) in [5.41, 5.74) is 7.97. The molecule has 4 heteroatoms. The van der Waals surface area contributed by atoms with E-state index in [0.29, 0.717) is 5.02 Å². The van der Waals surface area contributed by atoms with Crippen molar-refractivity contribution in [1.82, 2.24) is 5.32 Å². The van der Waals surface area contributed by atoms with E-state index >= 15 is 0 Å². The summed E-state index contributed by atoms with van der Waals surface area (Å²) >= 11 is 6.13. The summed E-state index contributed by atoms with van der Waals surface area (Å²) < 4.78 is 0. The Morgan fingerprint density at radius 1 is 1.09 bits per heavy atom. The Morgan fingerprint density at radius 3 is 2.48 bits per heavy atom. The van der Waals surface area contributed by atoms with Crippen molar-refractivity contribution in [2.45, 2.75) is 31.3 Å². The Labute approximate surface area is 141 Å². The third-order valence-electron chi connectivity index (χ3n) is 4.45. The second-order valence-corrected chi connectivity index (χ2v) is 6.61. The van der Waals surface area contributed by atoms with Crippen LogP contribution in [0.25, 0.3) is 0 Å². The second-order valence-electron chi connectivity index (χ2n) is 6.18. The summed E-state index contributed by atoms with van der Waals surface area (Å²) in [6.07, 6.45) is 2.55. The molecule has 1 aliphatic rings. The van der Waals surface area contributed by atoms with Crippen LogP contribution < -0.4 is 11.1 Å². The summed E-state index contributed by atoms with van der Waals surface area (Å²) in [5, 5.41) is 3.85. The average Bonchev–Trinajstić information content (AvgIpc) is 3.00. The van der Waals surface area contributed by atoms with Gasteiger partial charge in [0.15, 0.2) is 0 Å². The first-order valence-corrected chi connectivity index (χ1v) is 8.37. The molecule has 2 aromatic carbocycles. The molecular formula is C19H21ClN2O. The molecule has 0 radical (unpaired) electrons. The molecule has 0 saturated heterocycles. The van der Waals surface area contributed by atoms with Crippen molar-refractivity contribution in [1.29, 1.82) is 0 Å². The first-order valence-electron chi connectivity index (χ1n) is 8.00. The molecule has 0 spiro atoms. The molecule has 3 N–H and O–H groups in total. The minimum atomic E-state index is -0.195. The molecule has 0 bridgehead atoms. The molecule has 1 saturated carbocycles. The number of nitrogens with one attached hydrogen (secondary N) is 1. The second kappa shape index (κ2) is 7.16. The number of halogens is 1. The van der Waals surface area contributed by atoms with Crippen LogP contribution in [0.4, 0.5) is 0 Å². The fraction of sp³-hybridized carbons (Fsp3) is 0.316. The van der Waals surface area contributed by atoms with E-state index in [1.165, 1.54) is 0 Å². The molecule has 0 heterocycles. The van der Waals surface area contributed by atoms with E-state index in [4.69, 9.17) is 17.3 Å². The molecule has 0 aliphatic heterocycles. The zero-order valence-electron chi connectivity index (χ0n) is 12.9. The van der Waals surface area contributed by atoms with Gasteiger partial charge in [-0.1, -0.05) is 54.1 Å². The first-order chi connectivity index (χ1) is 11.1. The standard InChI is InChI=1S/C19H21ClN2O/c20-16-8-4-7-14(11-16)18(13-5-2-1-3-6-13)22-19(23)15-9-10-17(21)12-15/h1-8,11,15,17-18H,9-10,12,21H2,(H,22,23). The maximum atomic E-state index is 12.6. The van der Waals surface area contributed by atoms with E-state index in [1.807, 2.05) is 54.6 Å². The van der Waals surface area contributed by atoms with Gasteiger partial charge in [-0.15, -0.1) is 0 Å². The fourth-order valence-electron chi connectivity index (χ4n) is 3.21. The van der Waals surface area contributed by atoms with Crippen LogP contribution in [0, 0.1) is 5.92 Å². The zero-order chi connectivity index (χ0) is 16.2. The third-order valence-corrected chi connectivity index (χ3v) is 4.68. The van der Waals surface area contributed by atoms with E-state index in [0.717, 1.165) is 30.4 Å². The monoisotopic (exact) mass is 328 g/mol. The lowest BCUT2D eigenvalue weighted by Crippen LogP contribution is -2.34. The summed E-state index contributed by atoms with van der Waals surface area (Å²) in [5.74, 6) is 0.0853. The van der Waals surface area contributed by atoms with E-state index in [2.05, 4.69) is 5.32 Å². The Morgan fingerprint density at radius 2 is 1.83 bits per heavy atom. The van der Waals surface area contributed by atoms with Crippen LogP contribution in [0.1, 0.15) is 36.4 Å². The molecule has 3 atom stereocenters. The fourth-order valence-corrected chi connectivity index (χ4v) is 3.40. The number of hydrogen-bond acceptors (Lipinski definition) is 2. The van der Waals surface area contributed by atoms with Gasteiger partial charge in [0, 0.05) is 17.0 Å². The molecule has 3 rings (SSSR count). The van der Waals surface area contributed by atoms with Crippen LogP contribution >= 0.6 is 11.6 Å². The van der Waals surface area contributed by atoms with Crippen molar-refractivity contribution in [3.8, 4) is 0 Å². The van der Waals surface area contributed by atoms with Crippen LogP contribution in [0.15, 0.2) is 54.6 Å². The molecule has 3 unspecified atom stereocenters. The van der Waals surface area contributed by atoms with Crippen LogP contribution in [0.2, 0.25) is 5.02 Å². The minimum absolute atomic E-state index is 0.00963. The molecule has 2 aromatic rings. The molecular weight excluding hydrogens is 308 g/mol. The van der Waals surface area contributed by atoms with Gasteiger partial charge < -0.3 is 11.1 Å². The smallest absolute Gasteiger partial charge is 0.223 e. The van der Waals surface area contributed by atoms with Gasteiger partial charge >= 0.3 is 0 Å². The highest BCUT2D eigenvalue weighted by Crippen LogP contribution is 2.28. The number of carbonyl (C=O) groups is 1. The molecule has 1 fully saturated rings. The minimum Gasteiger partial charge on any atom is -0.345 e. The maximum Gasteiger partial charge on any atom is 0.223 e. The van der Waals surface area contributed by atoms with Gasteiger partial charge in [0.2, 0.25) is 5.91 Å². The number of amides is 1. The normalized spacial score (nSPS) is 21.8. The summed E-state index contributed by atoms with van der Waals surface area (Å²) in [6, 6.07) is 17.6. The van der Waals surface area contributed by atoms with Crippen LogP contribution in [-0.2, 0) is 4.79 Å². The molecule has 23 heavy (non-hydrogen) atoms. The van der Waals surface area contributed by atoms with Gasteiger partial charge in [-0.05, 0) is 42.5 Å². The van der Waals surface area contributed by atoms with E-state index < -0.39 is 0 Å². The summed E-state index contributed by atoms with van der Waals surface area (Å²) in [6.45, 7) is 0. The SMILES string of the molecule is NC1CCC(C(=O)NC(c2ccccc2)c2cccc(Cl)c2)C1. The number of hydrogen-bond donors (Lipinski definition) is 2. The van der Waals surface area contributed by atoms with Crippen LogP contribution in [0.3, 0.4) is 0 Å². The highest BCUT2D eigenvalue weighted by Gasteiger charge is 2.29. The first kappa shape index (κ1) is 16.0. The third kappa shape index (κ3) is 3.92. The lowest BCUT2D eigenvalue weighted by atomic mass is 9.97. The number of rotatable bonds is 4. The Balaban J connectivity index is 1.85. The van der Waals surface area contributed by atoms with Gasteiger partial charge in [-0.25, -0.2) is 0 Å². The van der Waals surface area contributed by atoms with Crippen LogP contribution in [-0.4, -0.2) is 11.9 Å². The van der Waals surface area contributed by atoms with E-state index in [-0.39, 0.29) is 23.9 Å². The maximum absolute atomic E-state index is 12.6. The highest BCUT2D eigenvalue weighted by atomic mass is 35.5. The van der Waals surface area contributed by atoms with E-state index in [9.17, 15) is 4.79 Å². The van der Waals surface area contributed by atoms with Crippen molar-refractivity contribution < 1.29 is 4.79 Å². The highest BCUT2D eigenvalue weighted by molar-refractivity contribution is 6.30. The molecule has 3 nitrogen and oxygen atoms in total. The van der Waals surface area contributed by atoms with Crippen molar-refractivity contribution in [2.75, 3.05) is 0 Å². The van der Waals surface area contributed by atoms with Gasteiger partial charge in [0.05, 0.1) is 6.04 Å². The molecule has 1 amide bonds. The van der Waals surface area contributed by atoms with Gasteiger partial charge in [-0.2, -0.15) is 0 Å². The zero-order valence-corrected chi connectivity index (χ0v) is 13.7. The van der Waals surface area contributed by atoms with E-state index in [1.54, 1.807) is 0 Å². The van der Waals surface area contributed by atoms with Crippen molar-refractivity contribution in [3.05, 3.63) is 70.7 Å². The topological polar surface area (TPSA) is 55.1 Å². The predicted molar refractivity (Wildman–Crippen MR) is 93.2 cm³/mol. The molecule has 120 valence electrons. The number of carbonyl (C=O) groups excluding carboxylic acids is 1. The number of benzene rings is 2. The molecule has 0 aromatic heterocycles.